The Morgan fingerprint density at radius 3 is 1.88 bits per heavy atom. The summed E-state index contributed by atoms with van der Waals surface area (Å²) < 4.78 is 5.83. The maximum absolute atomic E-state index is 12.5. The lowest BCUT2D eigenvalue weighted by atomic mass is 10.1. The minimum atomic E-state index is -1.03. The van der Waals surface area contributed by atoms with Gasteiger partial charge in [-0.25, -0.2) is 0 Å². The molecule has 0 aliphatic carbocycles. The van der Waals surface area contributed by atoms with Crippen LogP contribution in [-0.2, 0) is 19.1 Å². The topological polar surface area (TPSA) is 92.7 Å². The van der Waals surface area contributed by atoms with Gasteiger partial charge in [0.15, 0.2) is 0 Å². The largest absolute Gasteiger partial charge is 0.480 e. The van der Waals surface area contributed by atoms with Gasteiger partial charge >= 0.3 is 11.9 Å². The lowest BCUT2D eigenvalue weighted by Crippen LogP contribution is -2.28. The number of hydrogen-bond acceptors (Lipinski definition) is 4. The second-order valence-electron chi connectivity index (χ2n) is 11.0. The van der Waals surface area contributed by atoms with Crippen LogP contribution in [-0.4, -0.2) is 35.6 Å². The number of nitrogens with one attached hydrogen (secondary N) is 1. The first kappa shape index (κ1) is 40.1. The Hall–Kier alpha value is -2.89. The fourth-order valence-electron chi connectivity index (χ4n) is 4.41. The van der Waals surface area contributed by atoms with Crippen LogP contribution in [0.5, 0.6) is 0 Å². The summed E-state index contributed by atoms with van der Waals surface area (Å²) in [5, 5.41) is 11.0. The molecule has 0 bridgehead atoms. The number of carbonyl (C=O) groups is 3. The third-order valence-electron chi connectivity index (χ3n) is 6.91. The Morgan fingerprint density at radius 2 is 1.21 bits per heavy atom. The van der Waals surface area contributed by atoms with Crippen LogP contribution >= 0.6 is 0 Å². The monoisotopic (exact) mass is 599 g/mol. The van der Waals surface area contributed by atoms with Gasteiger partial charge in [-0.3, -0.25) is 14.4 Å². The zero-order chi connectivity index (χ0) is 31.6. The van der Waals surface area contributed by atoms with Crippen LogP contribution < -0.4 is 5.32 Å². The van der Waals surface area contributed by atoms with E-state index in [2.05, 4.69) is 79.9 Å². The number of unbranched alkanes of at least 4 members (excludes halogenated alkanes) is 10. The summed E-state index contributed by atoms with van der Waals surface area (Å²) in [5.41, 5.74) is 0. The van der Waals surface area contributed by atoms with E-state index in [4.69, 9.17) is 9.84 Å². The maximum Gasteiger partial charge on any atom is 0.322 e. The summed E-state index contributed by atoms with van der Waals surface area (Å²) >= 11 is 0. The summed E-state index contributed by atoms with van der Waals surface area (Å²) in [6, 6.07) is 0. The summed E-state index contributed by atoms with van der Waals surface area (Å²) in [4.78, 5) is 34.7. The van der Waals surface area contributed by atoms with E-state index in [9.17, 15) is 14.4 Å². The number of rotatable bonds is 29. The van der Waals surface area contributed by atoms with Gasteiger partial charge in [0.25, 0.3) is 0 Å². The van der Waals surface area contributed by atoms with Crippen LogP contribution in [0.25, 0.3) is 0 Å². The van der Waals surface area contributed by atoms with Gasteiger partial charge in [0.05, 0.1) is 0 Å². The number of carboxylic acids is 1. The van der Waals surface area contributed by atoms with Crippen molar-refractivity contribution in [1.82, 2.24) is 5.32 Å². The van der Waals surface area contributed by atoms with E-state index in [1.165, 1.54) is 32.1 Å². The van der Waals surface area contributed by atoms with Gasteiger partial charge in [0.2, 0.25) is 5.91 Å². The molecule has 0 aliphatic heterocycles. The summed E-state index contributed by atoms with van der Waals surface area (Å²) in [6.07, 6.45) is 40.6. The van der Waals surface area contributed by atoms with Crippen molar-refractivity contribution in [3.8, 4) is 0 Å². The van der Waals surface area contributed by atoms with E-state index in [1.54, 1.807) is 0 Å². The number of carbonyl (C=O) groups excluding carboxylic acids is 2. The minimum Gasteiger partial charge on any atom is -0.480 e. The van der Waals surface area contributed by atoms with Gasteiger partial charge in [0.1, 0.15) is 12.6 Å². The van der Waals surface area contributed by atoms with Crippen molar-refractivity contribution in [2.75, 3.05) is 6.54 Å². The quantitative estimate of drug-likeness (QED) is 0.0507. The predicted octanol–water partition coefficient (Wildman–Crippen LogP) is 9.72. The van der Waals surface area contributed by atoms with E-state index in [-0.39, 0.29) is 24.5 Å². The van der Waals surface area contributed by atoms with Gasteiger partial charge in [-0.2, -0.15) is 0 Å². The third kappa shape index (κ3) is 31.9. The van der Waals surface area contributed by atoms with Crippen LogP contribution in [0.1, 0.15) is 142 Å². The fraction of sp³-hybridized carbons (Fsp3) is 0.649. The molecule has 0 aromatic carbocycles. The number of carboxylic acid groups (broad SMARTS) is 1. The SMILES string of the molecule is CC/C=C\C/C=C\C/C=C\C/C=C\CCCCC(=O)OC(/C=C\CCCCCCC)CCCCCCC(=O)NCC(=O)O. The zero-order valence-corrected chi connectivity index (χ0v) is 27.3. The molecule has 1 unspecified atom stereocenters. The van der Waals surface area contributed by atoms with Crippen LogP contribution in [0.3, 0.4) is 0 Å². The summed E-state index contributed by atoms with van der Waals surface area (Å²) in [6.45, 7) is 4.03. The molecule has 244 valence electrons. The molecule has 43 heavy (non-hydrogen) atoms. The molecule has 0 aromatic rings. The lowest BCUT2D eigenvalue weighted by molar-refractivity contribution is -0.147. The molecule has 0 saturated heterocycles. The van der Waals surface area contributed by atoms with E-state index in [1.807, 2.05) is 0 Å². The molecule has 0 aromatic heterocycles. The van der Waals surface area contributed by atoms with Crippen molar-refractivity contribution in [2.24, 2.45) is 0 Å². The van der Waals surface area contributed by atoms with Crippen molar-refractivity contribution >= 4 is 17.8 Å². The molecular weight excluding hydrogens is 538 g/mol. The van der Waals surface area contributed by atoms with E-state index in [0.717, 1.165) is 83.5 Å². The van der Waals surface area contributed by atoms with Gasteiger partial charge in [-0.1, -0.05) is 107 Å². The molecule has 0 aliphatic rings. The second kappa shape index (κ2) is 32.0. The normalized spacial score (nSPS) is 12.8. The standard InChI is InChI=1S/C37H61NO5/c1-3-5-7-9-11-12-13-14-15-16-17-18-20-22-28-32-37(42)43-34(29-25-21-19-10-8-6-4-2)30-26-23-24-27-31-35(39)38-33-36(40)41/h5,7,11-12,14-15,17-18,25,29,34H,3-4,6,8-10,13,16,19-24,26-28,30-33H2,1-2H3,(H,38,39)(H,40,41)/b7-5-,12-11-,15-14-,18-17-,29-25-. The van der Waals surface area contributed by atoms with Crippen LogP contribution in [0.15, 0.2) is 60.8 Å². The van der Waals surface area contributed by atoms with Crippen LogP contribution in [0.4, 0.5) is 0 Å². The highest BCUT2D eigenvalue weighted by atomic mass is 16.5. The number of allylic oxidation sites excluding steroid dienone is 9. The fourth-order valence-corrected chi connectivity index (χ4v) is 4.41. The van der Waals surface area contributed by atoms with Crippen LogP contribution in [0, 0.1) is 0 Å². The van der Waals surface area contributed by atoms with Gasteiger partial charge in [-0.15, -0.1) is 0 Å². The number of aliphatic carboxylic acids is 1. The molecule has 0 heterocycles. The van der Waals surface area contributed by atoms with E-state index >= 15 is 0 Å². The molecular formula is C37H61NO5. The second-order valence-corrected chi connectivity index (χ2v) is 11.0. The zero-order valence-electron chi connectivity index (χ0n) is 27.3. The Kier molecular flexibility index (Phi) is 29.9. The molecule has 6 heteroatoms. The van der Waals surface area contributed by atoms with Crippen molar-refractivity contribution < 1.29 is 24.2 Å². The minimum absolute atomic E-state index is 0.127. The highest BCUT2D eigenvalue weighted by Crippen LogP contribution is 2.14. The molecule has 1 amide bonds. The Morgan fingerprint density at radius 1 is 0.651 bits per heavy atom. The average Bonchev–Trinajstić information content (AvgIpc) is 2.99. The van der Waals surface area contributed by atoms with E-state index in [0.29, 0.717) is 12.8 Å². The van der Waals surface area contributed by atoms with Gasteiger partial charge in [-0.05, 0) is 83.1 Å². The summed E-state index contributed by atoms with van der Waals surface area (Å²) in [5.74, 6) is -1.38. The molecule has 6 nitrogen and oxygen atoms in total. The number of esters is 1. The molecule has 0 spiro atoms. The number of ether oxygens (including phenoxy) is 1. The molecule has 0 radical (unpaired) electrons. The Labute approximate surface area is 262 Å². The Bertz CT molecular complexity index is 840. The van der Waals surface area contributed by atoms with Crippen molar-refractivity contribution in [3.63, 3.8) is 0 Å². The molecule has 1 atom stereocenters. The predicted molar refractivity (Wildman–Crippen MR) is 180 cm³/mol. The van der Waals surface area contributed by atoms with E-state index < -0.39 is 5.97 Å². The first-order valence-electron chi connectivity index (χ1n) is 16.9. The Balaban J connectivity index is 4.26. The van der Waals surface area contributed by atoms with Crippen molar-refractivity contribution in [3.05, 3.63) is 60.8 Å². The summed E-state index contributed by atoms with van der Waals surface area (Å²) in [7, 11) is 0. The lowest BCUT2D eigenvalue weighted by Gasteiger charge is -2.15. The number of hydrogen-bond donors (Lipinski definition) is 2. The smallest absolute Gasteiger partial charge is 0.322 e. The average molecular weight is 600 g/mol. The number of amides is 1. The van der Waals surface area contributed by atoms with Crippen LogP contribution in [0.2, 0.25) is 0 Å². The third-order valence-corrected chi connectivity index (χ3v) is 6.91. The van der Waals surface area contributed by atoms with Crippen molar-refractivity contribution in [1.29, 1.82) is 0 Å². The first-order valence-corrected chi connectivity index (χ1v) is 16.9. The molecule has 2 N–H and O–H groups in total. The van der Waals surface area contributed by atoms with Crippen molar-refractivity contribution in [2.45, 2.75) is 148 Å². The van der Waals surface area contributed by atoms with Gasteiger partial charge < -0.3 is 15.2 Å². The maximum atomic E-state index is 12.5. The van der Waals surface area contributed by atoms with Gasteiger partial charge in [0, 0.05) is 12.8 Å². The highest BCUT2D eigenvalue weighted by molar-refractivity contribution is 5.80. The molecule has 0 saturated carbocycles. The molecule has 0 fully saturated rings. The molecule has 0 rings (SSSR count). The highest BCUT2D eigenvalue weighted by Gasteiger charge is 2.11. The first-order chi connectivity index (χ1) is 21.0.